The van der Waals surface area contributed by atoms with Crippen molar-refractivity contribution in [3.05, 3.63) is 34.6 Å². The van der Waals surface area contributed by atoms with Crippen LogP contribution in [0.25, 0.3) is 0 Å². The standard InChI is InChI=1S/C17H22FNO3/c18-16-5-4-14(17(20)21)15-11-19(9-7-13(15)16)8-6-12-3-1-2-10-22-12/h4-5,12H,1-3,6-11H2,(H,20,21). The quantitative estimate of drug-likeness (QED) is 0.929. The highest BCUT2D eigenvalue weighted by atomic mass is 19.1. The lowest BCUT2D eigenvalue weighted by molar-refractivity contribution is 0.00470. The van der Waals surface area contributed by atoms with Gasteiger partial charge in [-0.2, -0.15) is 0 Å². The third kappa shape index (κ3) is 3.31. The minimum absolute atomic E-state index is 0.231. The predicted octanol–water partition coefficient (Wildman–Crippen LogP) is 2.84. The van der Waals surface area contributed by atoms with Crippen LogP contribution >= 0.6 is 0 Å². The Bertz CT molecular complexity index is 555. The highest BCUT2D eigenvalue weighted by Gasteiger charge is 2.25. The van der Waals surface area contributed by atoms with E-state index in [4.69, 9.17) is 4.74 Å². The molecule has 0 aromatic heterocycles. The molecule has 1 N–H and O–H groups in total. The Morgan fingerprint density at radius 3 is 2.95 bits per heavy atom. The summed E-state index contributed by atoms with van der Waals surface area (Å²) >= 11 is 0. The Balaban J connectivity index is 1.67. The number of hydrogen-bond donors (Lipinski definition) is 1. The van der Waals surface area contributed by atoms with Crippen LogP contribution in [-0.4, -0.2) is 41.8 Å². The molecule has 0 spiro atoms. The van der Waals surface area contributed by atoms with Crippen molar-refractivity contribution < 1.29 is 19.0 Å². The van der Waals surface area contributed by atoms with E-state index in [-0.39, 0.29) is 11.4 Å². The smallest absolute Gasteiger partial charge is 0.336 e. The van der Waals surface area contributed by atoms with Crippen LogP contribution in [0.15, 0.2) is 12.1 Å². The van der Waals surface area contributed by atoms with Gasteiger partial charge >= 0.3 is 5.97 Å². The summed E-state index contributed by atoms with van der Waals surface area (Å²) in [4.78, 5) is 13.5. The summed E-state index contributed by atoms with van der Waals surface area (Å²) in [6.45, 7) is 3.02. The van der Waals surface area contributed by atoms with Crippen LogP contribution in [0.2, 0.25) is 0 Å². The van der Waals surface area contributed by atoms with Gasteiger partial charge in [0, 0.05) is 26.2 Å². The van der Waals surface area contributed by atoms with E-state index in [1.54, 1.807) is 0 Å². The third-order valence-electron chi connectivity index (χ3n) is 4.71. The fraction of sp³-hybridized carbons (Fsp3) is 0.588. The average Bonchev–Trinajstić information content (AvgIpc) is 2.54. The number of carboxylic acids is 1. The topological polar surface area (TPSA) is 49.8 Å². The van der Waals surface area contributed by atoms with Crippen molar-refractivity contribution in [2.75, 3.05) is 19.7 Å². The minimum atomic E-state index is -0.978. The van der Waals surface area contributed by atoms with E-state index in [2.05, 4.69) is 4.90 Å². The van der Waals surface area contributed by atoms with E-state index in [0.29, 0.717) is 30.2 Å². The van der Waals surface area contributed by atoms with Crippen molar-refractivity contribution in [3.63, 3.8) is 0 Å². The summed E-state index contributed by atoms with van der Waals surface area (Å²) in [6.07, 6.45) is 5.35. The zero-order chi connectivity index (χ0) is 15.5. The van der Waals surface area contributed by atoms with Gasteiger partial charge < -0.3 is 9.84 Å². The molecular formula is C17H22FNO3. The molecule has 0 saturated carbocycles. The van der Waals surface area contributed by atoms with Crippen LogP contribution in [-0.2, 0) is 17.7 Å². The maximum absolute atomic E-state index is 13.9. The van der Waals surface area contributed by atoms with E-state index in [1.807, 2.05) is 0 Å². The van der Waals surface area contributed by atoms with Crippen molar-refractivity contribution in [3.8, 4) is 0 Å². The van der Waals surface area contributed by atoms with E-state index in [0.717, 1.165) is 39.0 Å². The number of aromatic carboxylic acids is 1. The largest absolute Gasteiger partial charge is 0.478 e. The van der Waals surface area contributed by atoms with Gasteiger partial charge in [-0.25, -0.2) is 9.18 Å². The summed E-state index contributed by atoms with van der Waals surface area (Å²) in [5.41, 5.74) is 1.45. The number of carbonyl (C=O) groups is 1. The molecule has 2 heterocycles. The summed E-state index contributed by atoms with van der Waals surface area (Å²) < 4.78 is 19.6. The Kier molecular flexibility index (Phi) is 4.74. The van der Waals surface area contributed by atoms with Crippen LogP contribution in [0, 0.1) is 5.82 Å². The predicted molar refractivity (Wildman–Crippen MR) is 80.5 cm³/mol. The summed E-state index contributed by atoms with van der Waals surface area (Å²) in [7, 11) is 0. The highest BCUT2D eigenvalue weighted by Crippen LogP contribution is 2.26. The van der Waals surface area contributed by atoms with E-state index < -0.39 is 5.97 Å². The molecule has 0 aliphatic carbocycles. The van der Waals surface area contributed by atoms with Crippen LogP contribution in [0.5, 0.6) is 0 Å². The van der Waals surface area contributed by atoms with Gasteiger partial charge in [0.2, 0.25) is 0 Å². The second-order valence-corrected chi connectivity index (χ2v) is 6.16. The first kappa shape index (κ1) is 15.4. The van der Waals surface area contributed by atoms with Crippen molar-refractivity contribution >= 4 is 5.97 Å². The average molecular weight is 307 g/mol. The Morgan fingerprint density at radius 2 is 2.23 bits per heavy atom. The van der Waals surface area contributed by atoms with Gasteiger partial charge in [-0.15, -0.1) is 0 Å². The van der Waals surface area contributed by atoms with Crippen molar-refractivity contribution in [1.82, 2.24) is 4.90 Å². The van der Waals surface area contributed by atoms with Crippen LogP contribution < -0.4 is 0 Å². The molecule has 1 saturated heterocycles. The zero-order valence-electron chi connectivity index (χ0n) is 12.7. The lowest BCUT2D eigenvalue weighted by Crippen LogP contribution is -2.35. The number of carboxylic acid groups (broad SMARTS) is 1. The zero-order valence-corrected chi connectivity index (χ0v) is 12.7. The second-order valence-electron chi connectivity index (χ2n) is 6.16. The first-order valence-corrected chi connectivity index (χ1v) is 8.02. The van der Waals surface area contributed by atoms with Crippen LogP contribution in [0.4, 0.5) is 4.39 Å². The molecule has 1 aromatic carbocycles. The van der Waals surface area contributed by atoms with Crippen molar-refractivity contribution in [1.29, 1.82) is 0 Å². The minimum Gasteiger partial charge on any atom is -0.478 e. The number of hydrogen-bond acceptors (Lipinski definition) is 3. The van der Waals surface area contributed by atoms with Gasteiger partial charge in [-0.3, -0.25) is 4.90 Å². The molecule has 1 aromatic rings. The second kappa shape index (κ2) is 6.75. The van der Waals surface area contributed by atoms with Gasteiger partial charge in [0.15, 0.2) is 0 Å². The highest BCUT2D eigenvalue weighted by molar-refractivity contribution is 5.89. The van der Waals surface area contributed by atoms with Gasteiger partial charge in [0.05, 0.1) is 11.7 Å². The monoisotopic (exact) mass is 307 g/mol. The van der Waals surface area contributed by atoms with Crippen LogP contribution in [0.3, 0.4) is 0 Å². The molecule has 0 amide bonds. The molecule has 1 unspecified atom stereocenters. The van der Waals surface area contributed by atoms with Crippen molar-refractivity contribution in [2.45, 2.75) is 44.8 Å². The first-order valence-electron chi connectivity index (χ1n) is 8.02. The summed E-state index contributed by atoms with van der Waals surface area (Å²) in [6, 6.07) is 2.65. The molecule has 1 atom stereocenters. The molecular weight excluding hydrogens is 285 g/mol. The number of benzene rings is 1. The molecule has 120 valence electrons. The summed E-state index contributed by atoms with van der Waals surface area (Å²) in [5.74, 6) is -1.26. The van der Waals surface area contributed by atoms with Gasteiger partial charge in [0.25, 0.3) is 0 Å². The van der Waals surface area contributed by atoms with Gasteiger partial charge in [0.1, 0.15) is 5.82 Å². The van der Waals surface area contributed by atoms with Crippen molar-refractivity contribution in [2.24, 2.45) is 0 Å². The first-order chi connectivity index (χ1) is 10.6. The van der Waals surface area contributed by atoms with Crippen LogP contribution in [0.1, 0.15) is 47.2 Å². The molecule has 2 aliphatic rings. The molecule has 22 heavy (non-hydrogen) atoms. The number of fused-ring (bicyclic) bond motifs is 1. The Hall–Kier alpha value is -1.46. The summed E-state index contributed by atoms with van der Waals surface area (Å²) in [5, 5.41) is 9.29. The third-order valence-corrected chi connectivity index (χ3v) is 4.71. The van der Waals surface area contributed by atoms with E-state index in [1.165, 1.54) is 18.6 Å². The molecule has 2 aliphatic heterocycles. The molecule has 3 rings (SSSR count). The number of rotatable bonds is 4. The number of halogens is 1. The molecule has 0 bridgehead atoms. The molecule has 4 nitrogen and oxygen atoms in total. The SMILES string of the molecule is O=C(O)c1ccc(F)c2c1CN(CCC1CCCCO1)CC2. The van der Waals surface area contributed by atoms with Gasteiger partial charge in [-0.05, 0) is 55.4 Å². The maximum atomic E-state index is 13.9. The molecule has 0 radical (unpaired) electrons. The maximum Gasteiger partial charge on any atom is 0.336 e. The normalized spacial score (nSPS) is 22.3. The Morgan fingerprint density at radius 1 is 1.36 bits per heavy atom. The molecule has 5 heteroatoms. The van der Waals surface area contributed by atoms with E-state index >= 15 is 0 Å². The Labute approximate surface area is 129 Å². The lowest BCUT2D eigenvalue weighted by Gasteiger charge is -2.31. The lowest BCUT2D eigenvalue weighted by atomic mass is 9.94. The fourth-order valence-electron chi connectivity index (χ4n) is 3.44. The number of nitrogens with zero attached hydrogens (tertiary/aromatic N) is 1. The fourth-order valence-corrected chi connectivity index (χ4v) is 3.44. The van der Waals surface area contributed by atoms with E-state index in [9.17, 15) is 14.3 Å². The van der Waals surface area contributed by atoms with Gasteiger partial charge in [-0.1, -0.05) is 0 Å². The number of ether oxygens (including phenoxy) is 1. The molecule has 1 fully saturated rings.